The smallest absolute Gasteiger partial charge is 0.311 e. The highest BCUT2D eigenvalue weighted by Gasteiger charge is 2.36. The van der Waals surface area contributed by atoms with Crippen molar-refractivity contribution in [3.05, 3.63) is 78.4 Å². The SMILES string of the molecule is CCC(C)(CC(C)c1ccc(N2c3ccccc3S(=O)(=O)c3ccccc32)cc1)C(=O)OCCO. The number of carbonyl (C=O) groups is 1. The molecule has 0 bridgehead atoms. The van der Waals surface area contributed by atoms with Crippen molar-refractivity contribution in [2.45, 2.75) is 49.3 Å². The molecule has 0 aromatic heterocycles. The quantitative estimate of drug-likeness (QED) is 0.315. The lowest BCUT2D eigenvalue weighted by Gasteiger charge is -2.33. The Labute approximate surface area is 207 Å². The molecule has 2 unspecified atom stereocenters. The highest BCUT2D eigenvalue weighted by atomic mass is 32.2. The van der Waals surface area contributed by atoms with Crippen molar-refractivity contribution in [3.63, 3.8) is 0 Å². The molecular formula is C28H31NO5S. The number of aliphatic hydroxyl groups is 1. The molecule has 184 valence electrons. The molecule has 35 heavy (non-hydrogen) atoms. The Kier molecular flexibility index (Phi) is 7.01. The first-order valence-corrected chi connectivity index (χ1v) is 13.3. The van der Waals surface area contributed by atoms with E-state index in [-0.39, 0.29) is 34.9 Å². The van der Waals surface area contributed by atoms with E-state index in [2.05, 4.69) is 6.92 Å². The third kappa shape index (κ3) is 4.58. The highest BCUT2D eigenvalue weighted by Crippen LogP contribution is 2.48. The van der Waals surface area contributed by atoms with Crippen LogP contribution < -0.4 is 4.90 Å². The fraction of sp³-hybridized carbons (Fsp3) is 0.321. The lowest BCUT2D eigenvalue weighted by molar-refractivity contribution is -0.156. The largest absolute Gasteiger partial charge is 0.463 e. The number of esters is 1. The fourth-order valence-corrected chi connectivity index (χ4v) is 6.32. The van der Waals surface area contributed by atoms with E-state index in [1.807, 2.05) is 67.3 Å². The Morgan fingerprint density at radius 3 is 2.03 bits per heavy atom. The molecule has 6 nitrogen and oxygen atoms in total. The number of aliphatic hydroxyl groups excluding tert-OH is 1. The predicted molar refractivity (Wildman–Crippen MR) is 136 cm³/mol. The van der Waals surface area contributed by atoms with Gasteiger partial charge in [0.1, 0.15) is 6.61 Å². The van der Waals surface area contributed by atoms with Gasteiger partial charge >= 0.3 is 5.97 Å². The van der Waals surface area contributed by atoms with Crippen LogP contribution in [0.15, 0.2) is 82.6 Å². The molecule has 1 N–H and O–H groups in total. The lowest BCUT2D eigenvalue weighted by Crippen LogP contribution is -2.31. The summed E-state index contributed by atoms with van der Waals surface area (Å²) in [5.41, 5.74) is 2.53. The topological polar surface area (TPSA) is 83.9 Å². The van der Waals surface area contributed by atoms with Crippen LogP contribution in [0.3, 0.4) is 0 Å². The number of carbonyl (C=O) groups excluding carboxylic acids is 1. The number of para-hydroxylation sites is 2. The zero-order chi connectivity index (χ0) is 25.2. The van der Waals surface area contributed by atoms with Gasteiger partial charge in [-0.05, 0) is 67.6 Å². The van der Waals surface area contributed by atoms with Gasteiger partial charge in [0.15, 0.2) is 0 Å². The number of hydrogen-bond donors (Lipinski definition) is 1. The Bertz CT molecular complexity index is 1270. The molecule has 0 saturated carbocycles. The van der Waals surface area contributed by atoms with Crippen LogP contribution in [-0.4, -0.2) is 32.7 Å². The molecule has 3 aromatic carbocycles. The van der Waals surface area contributed by atoms with Crippen LogP contribution in [-0.2, 0) is 19.4 Å². The van der Waals surface area contributed by atoms with E-state index in [4.69, 9.17) is 9.84 Å². The molecule has 0 aliphatic carbocycles. The number of rotatable bonds is 8. The molecule has 2 atom stereocenters. The summed E-state index contributed by atoms with van der Waals surface area (Å²) in [6, 6.07) is 22.1. The van der Waals surface area contributed by atoms with Crippen LogP contribution >= 0.6 is 0 Å². The van der Waals surface area contributed by atoms with E-state index in [9.17, 15) is 13.2 Å². The second kappa shape index (κ2) is 9.84. The maximum Gasteiger partial charge on any atom is 0.311 e. The van der Waals surface area contributed by atoms with E-state index in [1.54, 1.807) is 24.3 Å². The third-order valence-corrected chi connectivity index (χ3v) is 8.71. The van der Waals surface area contributed by atoms with Crippen LogP contribution in [0, 0.1) is 5.41 Å². The highest BCUT2D eigenvalue weighted by molar-refractivity contribution is 7.92. The number of nitrogens with zero attached hydrogens (tertiary/aromatic N) is 1. The van der Waals surface area contributed by atoms with Crippen molar-refractivity contribution in [1.82, 2.24) is 0 Å². The Morgan fingerprint density at radius 2 is 1.51 bits per heavy atom. The number of hydrogen-bond acceptors (Lipinski definition) is 6. The molecule has 0 amide bonds. The molecular weight excluding hydrogens is 462 g/mol. The zero-order valence-electron chi connectivity index (χ0n) is 20.3. The van der Waals surface area contributed by atoms with Gasteiger partial charge in [-0.15, -0.1) is 0 Å². The lowest BCUT2D eigenvalue weighted by atomic mass is 9.77. The minimum atomic E-state index is -3.60. The fourth-order valence-electron chi connectivity index (χ4n) is 4.69. The molecule has 3 aromatic rings. The van der Waals surface area contributed by atoms with E-state index >= 15 is 0 Å². The molecule has 0 radical (unpaired) electrons. The summed E-state index contributed by atoms with van der Waals surface area (Å²) in [4.78, 5) is 15.1. The number of benzene rings is 3. The first-order chi connectivity index (χ1) is 16.7. The third-order valence-electron chi connectivity index (χ3n) is 6.87. The van der Waals surface area contributed by atoms with Crippen molar-refractivity contribution in [2.75, 3.05) is 18.1 Å². The molecule has 0 spiro atoms. The van der Waals surface area contributed by atoms with Crippen LogP contribution in [0.1, 0.15) is 45.1 Å². The molecule has 0 saturated heterocycles. The van der Waals surface area contributed by atoms with E-state index in [0.29, 0.717) is 24.2 Å². The molecule has 7 heteroatoms. The minimum Gasteiger partial charge on any atom is -0.463 e. The van der Waals surface area contributed by atoms with E-state index < -0.39 is 15.3 Å². The standard InChI is InChI=1S/C28H31NO5S/c1-4-28(3,27(31)34-18-17-30)19-20(2)21-13-15-22(16-14-21)29-23-9-5-7-11-25(23)35(32,33)26-12-8-6-10-24(26)29/h5-16,20,30H,4,17-19H2,1-3H3. The van der Waals surface area contributed by atoms with Crippen molar-refractivity contribution >= 4 is 32.9 Å². The number of sulfone groups is 1. The van der Waals surface area contributed by atoms with Gasteiger partial charge in [-0.25, -0.2) is 8.42 Å². The minimum absolute atomic E-state index is 0.00596. The van der Waals surface area contributed by atoms with E-state index in [1.165, 1.54) is 0 Å². The average molecular weight is 494 g/mol. The summed E-state index contributed by atoms with van der Waals surface area (Å²) >= 11 is 0. The van der Waals surface area contributed by atoms with Gasteiger partial charge in [0.25, 0.3) is 0 Å². The van der Waals surface area contributed by atoms with Gasteiger partial charge in [-0.1, -0.05) is 50.2 Å². The average Bonchev–Trinajstić information content (AvgIpc) is 2.87. The van der Waals surface area contributed by atoms with Gasteiger partial charge < -0.3 is 14.7 Å². The van der Waals surface area contributed by atoms with Crippen molar-refractivity contribution in [1.29, 1.82) is 0 Å². The number of ether oxygens (including phenoxy) is 1. The number of fused-ring (bicyclic) bond motifs is 2. The van der Waals surface area contributed by atoms with Gasteiger partial charge in [0, 0.05) is 5.69 Å². The predicted octanol–water partition coefficient (Wildman–Crippen LogP) is 5.75. The van der Waals surface area contributed by atoms with Gasteiger partial charge in [-0.2, -0.15) is 0 Å². The maximum absolute atomic E-state index is 13.2. The van der Waals surface area contributed by atoms with Crippen LogP contribution in [0.5, 0.6) is 0 Å². The summed E-state index contributed by atoms with van der Waals surface area (Å²) in [6.07, 6.45) is 1.25. The summed E-state index contributed by atoms with van der Waals surface area (Å²) < 4.78 is 31.7. The van der Waals surface area contributed by atoms with Gasteiger partial charge in [-0.3, -0.25) is 4.79 Å². The van der Waals surface area contributed by atoms with Gasteiger partial charge in [0.2, 0.25) is 9.84 Å². The molecule has 1 aliphatic heterocycles. The second-order valence-corrected chi connectivity index (χ2v) is 11.1. The van der Waals surface area contributed by atoms with Crippen molar-refractivity contribution in [3.8, 4) is 0 Å². The second-order valence-electron chi connectivity index (χ2n) is 9.24. The van der Waals surface area contributed by atoms with Crippen LogP contribution in [0.4, 0.5) is 17.1 Å². The normalized spacial score (nSPS) is 16.5. The summed E-state index contributed by atoms with van der Waals surface area (Å²) in [6.45, 7) is 5.77. The first kappa shape index (κ1) is 24.9. The summed E-state index contributed by atoms with van der Waals surface area (Å²) in [5, 5.41) is 8.98. The summed E-state index contributed by atoms with van der Waals surface area (Å²) in [5.74, 6) is -0.197. The summed E-state index contributed by atoms with van der Waals surface area (Å²) in [7, 11) is -3.60. The van der Waals surface area contributed by atoms with Crippen molar-refractivity contribution in [2.24, 2.45) is 5.41 Å². The first-order valence-electron chi connectivity index (χ1n) is 11.8. The zero-order valence-corrected chi connectivity index (χ0v) is 21.1. The molecule has 0 fully saturated rings. The molecule has 1 aliphatic rings. The van der Waals surface area contributed by atoms with Crippen LogP contribution in [0.2, 0.25) is 0 Å². The monoisotopic (exact) mass is 493 g/mol. The Morgan fingerprint density at radius 1 is 0.971 bits per heavy atom. The van der Waals surface area contributed by atoms with E-state index in [0.717, 1.165) is 11.3 Å². The Hall–Kier alpha value is -3.16. The molecule has 4 rings (SSSR count). The maximum atomic E-state index is 13.2. The van der Waals surface area contributed by atoms with Gasteiger partial charge in [0.05, 0.1) is 33.2 Å². The Balaban J connectivity index is 1.65. The van der Waals surface area contributed by atoms with Crippen LogP contribution in [0.25, 0.3) is 0 Å². The van der Waals surface area contributed by atoms with Crippen molar-refractivity contribution < 1.29 is 23.1 Å². The molecule has 1 heterocycles. The number of anilines is 3.